The van der Waals surface area contributed by atoms with Gasteiger partial charge >= 0.3 is 12.0 Å². The van der Waals surface area contributed by atoms with Gasteiger partial charge in [0, 0.05) is 31.1 Å². The summed E-state index contributed by atoms with van der Waals surface area (Å²) < 4.78 is 4.92. The van der Waals surface area contributed by atoms with Crippen molar-refractivity contribution in [1.29, 1.82) is 0 Å². The average Bonchev–Trinajstić information content (AvgIpc) is 2.90. The van der Waals surface area contributed by atoms with E-state index in [0.29, 0.717) is 17.7 Å². The van der Waals surface area contributed by atoms with Crippen LogP contribution < -0.4 is 16.1 Å². The van der Waals surface area contributed by atoms with E-state index in [1.807, 2.05) is 30.3 Å². The lowest BCUT2D eigenvalue weighted by atomic mass is 9.87. The Bertz CT molecular complexity index is 1110. The SMILES string of the molecule is Bc1cc(C2NC(=O)NC3=C2CN(C(=O)COC(C)=O)Cc2ccccc23)ccc1O. The normalized spacial score (nSPS) is 17.6. The number of carbonyl (C=O) groups excluding carboxylic acids is 3. The molecule has 9 heteroatoms. The number of amides is 3. The maximum atomic E-state index is 12.8. The largest absolute Gasteiger partial charge is 0.509 e. The van der Waals surface area contributed by atoms with Crippen molar-refractivity contribution in [1.82, 2.24) is 15.5 Å². The highest BCUT2D eigenvalue weighted by atomic mass is 16.5. The number of hydrogen-bond acceptors (Lipinski definition) is 5. The number of benzene rings is 2. The van der Waals surface area contributed by atoms with Crippen LogP contribution >= 0.6 is 0 Å². The third kappa shape index (κ3) is 4.12. The number of nitrogens with one attached hydrogen (secondary N) is 2. The van der Waals surface area contributed by atoms with Crippen LogP contribution in [-0.2, 0) is 20.9 Å². The standard InChI is InChI=1S/C22H22BN3O5/c1-12(27)31-11-19(29)26-9-14-4-2-3-5-15(14)21-16(10-26)20(24-22(30)25-21)13-6-7-18(28)17(23)8-13/h2-8,20,28H,9-11,23H2,1H3,(H2,24,25,30). The second-order valence-corrected chi connectivity index (χ2v) is 7.66. The van der Waals surface area contributed by atoms with E-state index in [1.165, 1.54) is 6.92 Å². The molecule has 8 nitrogen and oxygen atoms in total. The molecular weight excluding hydrogens is 397 g/mol. The Labute approximate surface area is 180 Å². The molecule has 2 aliphatic heterocycles. The van der Waals surface area contributed by atoms with Gasteiger partial charge in [0.1, 0.15) is 13.6 Å². The Morgan fingerprint density at radius 1 is 1.23 bits per heavy atom. The number of esters is 1. The highest BCUT2D eigenvalue weighted by Gasteiger charge is 2.34. The monoisotopic (exact) mass is 419 g/mol. The molecule has 2 heterocycles. The molecule has 3 amide bonds. The van der Waals surface area contributed by atoms with Crippen LogP contribution in [0, 0.1) is 0 Å². The molecule has 2 aromatic carbocycles. The summed E-state index contributed by atoms with van der Waals surface area (Å²) in [7, 11) is 1.79. The lowest BCUT2D eigenvalue weighted by molar-refractivity contribution is -0.150. The second kappa shape index (κ2) is 8.18. The summed E-state index contributed by atoms with van der Waals surface area (Å²) in [6.45, 7) is 1.47. The summed E-state index contributed by atoms with van der Waals surface area (Å²) in [5.41, 5.74) is 4.68. The Hall–Kier alpha value is -3.75. The highest BCUT2D eigenvalue weighted by molar-refractivity contribution is 6.34. The molecule has 1 atom stereocenters. The zero-order valence-electron chi connectivity index (χ0n) is 17.3. The van der Waals surface area contributed by atoms with Crippen molar-refractivity contribution in [2.45, 2.75) is 19.5 Å². The molecule has 158 valence electrons. The van der Waals surface area contributed by atoms with Gasteiger partial charge in [-0.3, -0.25) is 9.59 Å². The quantitative estimate of drug-likeness (QED) is 0.491. The maximum Gasteiger partial charge on any atom is 0.320 e. The maximum absolute atomic E-state index is 12.8. The predicted molar refractivity (Wildman–Crippen MR) is 116 cm³/mol. The van der Waals surface area contributed by atoms with Crippen LogP contribution in [0.1, 0.15) is 29.7 Å². The van der Waals surface area contributed by atoms with Gasteiger partial charge in [0.25, 0.3) is 5.91 Å². The van der Waals surface area contributed by atoms with Gasteiger partial charge in [0.2, 0.25) is 0 Å². The minimum Gasteiger partial charge on any atom is -0.509 e. The Balaban J connectivity index is 1.80. The highest BCUT2D eigenvalue weighted by Crippen LogP contribution is 2.35. The number of nitrogens with zero attached hydrogens (tertiary/aromatic N) is 1. The van der Waals surface area contributed by atoms with Crippen molar-refractivity contribution in [2.24, 2.45) is 0 Å². The molecule has 0 spiro atoms. The Morgan fingerprint density at radius 3 is 2.74 bits per heavy atom. The van der Waals surface area contributed by atoms with Crippen LogP contribution in [0.15, 0.2) is 48.0 Å². The number of fused-ring (bicyclic) bond motifs is 2. The average molecular weight is 419 g/mol. The lowest BCUT2D eigenvalue weighted by Crippen LogP contribution is -2.46. The van der Waals surface area contributed by atoms with Gasteiger partial charge in [0.05, 0.1) is 11.7 Å². The molecule has 0 saturated carbocycles. The first-order chi connectivity index (χ1) is 14.8. The van der Waals surface area contributed by atoms with Gasteiger partial charge < -0.3 is 25.4 Å². The van der Waals surface area contributed by atoms with Crippen molar-refractivity contribution in [3.63, 3.8) is 0 Å². The lowest BCUT2D eigenvalue weighted by Gasteiger charge is -2.32. The van der Waals surface area contributed by atoms with Crippen molar-refractivity contribution in [2.75, 3.05) is 13.2 Å². The zero-order chi connectivity index (χ0) is 22.1. The summed E-state index contributed by atoms with van der Waals surface area (Å²) in [6, 6.07) is 11.9. The smallest absolute Gasteiger partial charge is 0.320 e. The Kier molecular flexibility index (Phi) is 5.41. The third-order valence-electron chi connectivity index (χ3n) is 5.50. The van der Waals surface area contributed by atoms with Gasteiger partial charge in [-0.1, -0.05) is 36.4 Å². The summed E-state index contributed by atoms with van der Waals surface area (Å²) in [4.78, 5) is 38.1. The summed E-state index contributed by atoms with van der Waals surface area (Å²) in [5, 5.41) is 15.8. The Morgan fingerprint density at radius 2 is 2.00 bits per heavy atom. The van der Waals surface area contributed by atoms with E-state index in [2.05, 4.69) is 10.6 Å². The molecule has 0 aliphatic carbocycles. The van der Waals surface area contributed by atoms with Crippen LogP contribution in [-0.4, -0.2) is 48.9 Å². The third-order valence-corrected chi connectivity index (χ3v) is 5.50. The molecule has 0 aromatic heterocycles. The van der Waals surface area contributed by atoms with Crippen LogP contribution in [0.4, 0.5) is 4.79 Å². The molecule has 1 unspecified atom stereocenters. The fourth-order valence-electron chi connectivity index (χ4n) is 3.95. The summed E-state index contributed by atoms with van der Waals surface area (Å²) in [5.74, 6) is -0.675. The summed E-state index contributed by atoms with van der Waals surface area (Å²) >= 11 is 0. The molecule has 0 saturated heterocycles. The van der Waals surface area contributed by atoms with E-state index in [9.17, 15) is 19.5 Å². The number of urea groups is 1. The zero-order valence-corrected chi connectivity index (χ0v) is 17.3. The molecule has 4 rings (SSSR count). The second-order valence-electron chi connectivity index (χ2n) is 7.66. The minimum absolute atomic E-state index is 0.169. The topological polar surface area (TPSA) is 108 Å². The molecule has 0 fully saturated rings. The van der Waals surface area contributed by atoms with Crippen molar-refractivity contribution in [3.8, 4) is 5.75 Å². The van der Waals surface area contributed by atoms with E-state index in [-0.39, 0.29) is 30.8 Å². The number of rotatable bonds is 3. The van der Waals surface area contributed by atoms with E-state index in [0.717, 1.165) is 22.3 Å². The van der Waals surface area contributed by atoms with Gasteiger partial charge in [0.15, 0.2) is 6.61 Å². The van der Waals surface area contributed by atoms with Gasteiger partial charge in [-0.15, -0.1) is 0 Å². The minimum atomic E-state index is -0.521. The predicted octanol–water partition coefficient (Wildman–Crippen LogP) is 0.321. The van der Waals surface area contributed by atoms with Gasteiger partial charge in [-0.2, -0.15) is 0 Å². The fraction of sp³-hybridized carbons (Fsp3) is 0.227. The molecule has 3 N–H and O–H groups in total. The molecule has 0 radical (unpaired) electrons. The first-order valence-electron chi connectivity index (χ1n) is 9.93. The van der Waals surface area contributed by atoms with E-state index in [1.54, 1.807) is 24.9 Å². The van der Waals surface area contributed by atoms with Crippen molar-refractivity contribution < 1.29 is 24.2 Å². The van der Waals surface area contributed by atoms with E-state index < -0.39 is 12.0 Å². The molecule has 2 aromatic rings. The van der Waals surface area contributed by atoms with Crippen molar-refractivity contribution >= 4 is 36.9 Å². The molecular formula is C22H22BN3O5. The number of ether oxygens (including phenoxy) is 1. The molecule has 2 aliphatic rings. The summed E-state index contributed by atoms with van der Waals surface area (Å²) in [6.07, 6.45) is 0. The number of phenols is 1. The van der Waals surface area contributed by atoms with E-state index >= 15 is 0 Å². The van der Waals surface area contributed by atoms with Crippen LogP contribution in [0.2, 0.25) is 0 Å². The fourth-order valence-corrected chi connectivity index (χ4v) is 3.95. The number of carbonyl (C=O) groups is 3. The number of aromatic hydroxyl groups is 1. The molecule has 31 heavy (non-hydrogen) atoms. The van der Waals surface area contributed by atoms with Crippen molar-refractivity contribution in [3.05, 3.63) is 64.7 Å². The number of hydrogen-bond donors (Lipinski definition) is 3. The number of phenolic OH excluding ortho intramolecular Hbond substituents is 1. The van der Waals surface area contributed by atoms with Crippen LogP contribution in [0.5, 0.6) is 5.75 Å². The first-order valence-corrected chi connectivity index (χ1v) is 9.93. The van der Waals surface area contributed by atoms with Crippen LogP contribution in [0.25, 0.3) is 5.70 Å². The van der Waals surface area contributed by atoms with Gasteiger partial charge in [-0.25, -0.2) is 4.79 Å². The first kappa shape index (κ1) is 20.5. The van der Waals surface area contributed by atoms with Gasteiger partial charge in [-0.05, 0) is 22.7 Å². The van der Waals surface area contributed by atoms with E-state index in [4.69, 9.17) is 4.74 Å². The van der Waals surface area contributed by atoms with Crippen LogP contribution in [0.3, 0.4) is 0 Å². The molecule has 0 bridgehead atoms.